The van der Waals surface area contributed by atoms with E-state index in [0.29, 0.717) is 5.92 Å². The lowest BCUT2D eigenvalue weighted by Gasteiger charge is -2.19. The minimum Gasteiger partial charge on any atom is -0.372 e. The summed E-state index contributed by atoms with van der Waals surface area (Å²) in [6.45, 7) is 10.4. The Hall–Kier alpha value is -0.450. The second-order valence-electron chi connectivity index (χ2n) is 4.88. The van der Waals surface area contributed by atoms with Crippen LogP contribution in [-0.4, -0.2) is 18.6 Å². The number of thiazole rings is 1. The number of hydrogen-bond donors (Lipinski definition) is 1. The molecule has 0 bridgehead atoms. The summed E-state index contributed by atoms with van der Waals surface area (Å²) in [7, 11) is 1.72. The van der Waals surface area contributed by atoms with Gasteiger partial charge in [-0.3, -0.25) is 0 Å². The van der Waals surface area contributed by atoms with Crippen molar-refractivity contribution >= 4 is 11.3 Å². The molecule has 0 saturated carbocycles. The highest BCUT2D eigenvalue weighted by Gasteiger charge is 2.23. The topological polar surface area (TPSA) is 34.1 Å². The van der Waals surface area contributed by atoms with Gasteiger partial charge in [-0.25, -0.2) is 4.98 Å². The predicted octanol–water partition coefficient (Wildman–Crippen LogP) is 2.77. The molecule has 0 spiro atoms. The van der Waals surface area contributed by atoms with E-state index in [9.17, 15) is 0 Å². The Labute approximate surface area is 102 Å². The van der Waals surface area contributed by atoms with Crippen molar-refractivity contribution in [3.05, 3.63) is 16.1 Å². The second kappa shape index (κ2) is 5.75. The van der Waals surface area contributed by atoms with Gasteiger partial charge in [-0.1, -0.05) is 13.8 Å². The largest absolute Gasteiger partial charge is 0.372 e. The summed E-state index contributed by atoms with van der Waals surface area (Å²) in [6, 6.07) is 0. The third kappa shape index (κ3) is 3.85. The van der Waals surface area contributed by atoms with Gasteiger partial charge in [-0.2, -0.15) is 0 Å². The molecule has 92 valence electrons. The van der Waals surface area contributed by atoms with Gasteiger partial charge >= 0.3 is 0 Å². The summed E-state index contributed by atoms with van der Waals surface area (Å²) in [5.41, 5.74) is 0.826. The number of nitrogens with one attached hydrogen (secondary N) is 1. The van der Waals surface area contributed by atoms with Gasteiger partial charge in [-0.15, -0.1) is 11.3 Å². The molecule has 1 aromatic rings. The van der Waals surface area contributed by atoms with Gasteiger partial charge in [0.1, 0.15) is 10.6 Å². The van der Waals surface area contributed by atoms with Crippen LogP contribution in [0.3, 0.4) is 0 Å². The molecule has 0 aliphatic rings. The fourth-order valence-corrected chi connectivity index (χ4v) is 2.16. The summed E-state index contributed by atoms with van der Waals surface area (Å²) in [5, 5.41) is 6.53. The molecule has 3 nitrogen and oxygen atoms in total. The second-order valence-corrected chi connectivity index (χ2v) is 5.74. The summed E-state index contributed by atoms with van der Waals surface area (Å²) in [4.78, 5) is 4.58. The van der Waals surface area contributed by atoms with Gasteiger partial charge in [0.05, 0.1) is 5.69 Å². The molecule has 1 aromatic heterocycles. The Balaban J connectivity index is 2.52. The molecule has 0 radical (unpaired) electrons. The molecule has 0 atom stereocenters. The highest BCUT2D eigenvalue weighted by atomic mass is 32.1. The van der Waals surface area contributed by atoms with Gasteiger partial charge in [0.2, 0.25) is 0 Å². The van der Waals surface area contributed by atoms with Crippen LogP contribution in [0.25, 0.3) is 0 Å². The quantitative estimate of drug-likeness (QED) is 0.833. The monoisotopic (exact) mass is 242 g/mol. The molecule has 0 aliphatic carbocycles. The molecule has 1 heterocycles. The van der Waals surface area contributed by atoms with Crippen LogP contribution < -0.4 is 5.32 Å². The first-order valence-corrected chi connectivity index (χ1v) is 6.54. The highest BCUT2D eigenvalue weighted by molar-refractivity contribution is 7.09. The predicted molar refractivity (Wildman–Crippen MR) is 68.7 cm³/mol. The average molecular weight is 242 g/mol. The zero-order chi connectivity index (χ0) is 12.2. The summed E-state index contributed by atoms with van der Waals surface area (Å²) in [5.74, 6) is 0.675. The Bertz CT molecular complexity index is 321. The third-order valence-electron chi connectivity index (χ3n) is 2.44. The summed E-state index contributed by atoms with van der Waals surface area (Å²) in [6.07, 6.45) is 0. The first-order valence-electron chi connectivity index (χ1n) is 5.66. The molecular formula is C12H22N2OS. The SMILES string of the molecule is COC(C)(C)c1nc(CNCC(C)C)cs1. The fourth-order valence-electron chi connectivity index (χ4n) is 1.24. The van der Waals surface area contributed by atoms with Crippen molar-refractivity contribution in [2.75, 3.05) is 13.7 Å². The number of rotatable bonds is 6. The van der Waals surface area contributed by atoms with E-state index in [2.05, 4.69) is 29.5 Å². The molecule has 16 heavy (non-hydrogen) atoms. The van der Waals surface area contributed by atoms with Gasteiger partial charge < -0.3 is 10.1 Å². The zero-order valence-electron chi connectivity index (χ0n) is 10.8. The first-order chi connectivity index (χ1) is 7.45. The van der Waals surface area contributed by atoms with Crippen LogP contribution in [0.1, 0.15) is 38.4 Å². The average Bonchev–Trinajstić information content (AvgIpc) is 2.66. The maximum absolute atomic E-state index is 5.41. The molecular weight excluding hydrogens is 220 g/mol. The van der Waals surface area contributed by atoms with E-state index in [1.165, 1.54) is 0 Å². The van der Waals surface area contributed by atoms with E-state index in [1.807, 2.05) is 13.8 Å². The Kier molecular flexibility index (Phi) is 4.89. The van der Waals surface area contributed by atoms with Crippen molar-refractivity contribution < 1.29 is 4.74 Å². The van der Waals surface area contributed by atoms with Crippen LogP contribution in [0.5, 0.6) is 0 Å². The van der Waals surface area contributed by atoms with E-state index in [0.717, 1.165) is 23.8 Å². The number of aromatic nitrogens is 1. The fraction of sp³-hybridized carbons (Fsp3) is 0.750. The van der Waals surface area contributed by atoms with Crippen LogP contribution in [0, 0.1) is 5.92 Å². The highest BCUT2D eigenvalue weighted by Crippen LogP contribution is 2.26. The van der Waals surface area contributed by atoms with Crippen molar-refractivity contribution in [3.8, 4) is 0 Å². The number of methoxy groups -OCH3 is 1. The summed E-state index contributed by atoms with van der Waals surface area (Å²) >= 11 is 1.66. The van der Waals surface area contributed by atoms with Crippen LogP contribution in [0.4, 0.5) is 0 Å². The van der Waals surface area contributed by atoms with Crippen LogP contribution in [-0.2, 0) is 16.9 Å². The smallest absolute Gasteiger partial charge is 0.124 e. The van der Waals surface area contributed by atoms with E-state index >= 15 is 0 Å². The number of hydrogen-bond acceptors (Lipinski definition) is 4. The van der Waals surface area contributed by atoms with Gasteiger partial charge in [-0.05, 0) is 26.3 Å². The van der Waals surface area contributed by atoms with Crippen LogP contribution in [0.2, 0.25) is 0 Å². The van der Waals surface area contributed by atoms with E-state index in [-0.39, 0.29) is 5.60 Å². The van der Waals surface area contributed by atoms with E-state index in [1.54, 1.807) is 18.4 Å². The lowest BCUT2D eigenvalue weighted by atomic mass is 10.1. The molecule has 0 fully saturated rings. The van der Waals surface area contributed by atoms with E-state index in [4.69, 9.17) is 4.74 Å². The summed E-state index contributed by atoms with van der Waals surface area (Å²) < 4.78 is 5.41. The van der Waals surface area contributed by atoms with Gasteiger partial charge in [0, 0.05) is 19.0 Å². The van der Waals surface area contributed by atoms with E-state index < -0.39 is 0 Å². The van der Waals surface area contributed by atoms with Crippen molar-refractivity contribution in [3.63, 3.8) is 0 Å². The lowest BCUT2D eigenvalue weighted by Crippen LogP contribution is -2.21. The maximum atomic E-state index is 5.41. The van der Waals surface area contributed by atoms with Crippen molar-refractivity contribution in [2.45, 2.75) is 39.8 Å². The Morgan fingerprint density at radius 2 is 2.19 bits per heavy atom. The zero-order valence-corrected chi connectivity index (χ0v) is 11.6. The minimum absolute atomic E-state index is 0.277. The van der Waals surface area contributed by atoms with Crippen LogP contribution in [0.15, 0.2) is 5.38 Å². The minimum atomic E-state index is -0.277. The van der Waals surface area contributed by atoms with Crippen molar-refractivity contribution in [2.24, 2.45) is 5.92 Å². The van der Waals surface area contributed by atoms with Gasteiger partial charge in [0.15, 0.2) is 0 Å². The first kappa shape index (κ1) is 13.6. The molecule has 0 aliphatic heterocycles. The Morgan fingerprint density at radius 1 is 1.50 bits per heavy atom. The molecule has 1 N–H and O–H groups in total. The molecule has 0 unspecified atom stereocenters. The molecule has 0 amide bonds. The molecule has 4 heteroatoms. The number of ether oxygens (including phenoxy) is 1. The molecule has 0 saturated heterocycles. The number of nitrogens with zero attached hydrogens (tertiary/aromatic N) is 1. The van der Waals surface area contributed by atoms with Crippen molar-refractivity contribution in [1.82, 2.24) is 10.3 Å². The molecule has 1 rings (SSSR count). The maximum Gasteiger partial charge on any atom is 0.124 e. The molecule has 0 aromatic carbocycles. The normalized spacial score (nSPS) is 12.4. The Morgan fingerprint density at radius 3 is 2.75 bits per heavy atom. The van der Waals surface area contributed by atoms with Gasteiger partial charge in [0.25, 0.3) is 0 Å². The van der Waals surface area contributed by atoms with Crippen molar-refractivity contribution in [1.29, 1.82) is 0 Å². The van der Waals surface area contributed by atoms with Crippen LogP contribution >= 0.6 is 11.3 Å². The standard InChI is InChI=1S/C12H22N2OS/c1-9(2)6-13-7-10-8-16-11(14-10)12(3,4)15-5/h8-9,13H,6-7H2,1-5H3. The lowest BCUT2D eigenvalue weighted by molar-refractivity contribution is 0.0189. The third-order valence-corrected chi connectivity index (χ3v) is 3.63.